The van der Waals surface area contributed by atoms with E-state index in [9.17, 15) is 4.79 Å². The predicted molar refractivity (Wildman–Crippen MR) is 96.7 cm³/mol. The van der Waals surface area contributed by atoms with Gasteiger partial charge in [-0.15, -0.1) is 6.58 Å². The van der Waals surface area contributed by atoms with E-state index in [1.54, 1.807) is 18.3 Å². The molecular formula is C20H20N2O3. The normalized spacial score (nSPS) is 9.48. The highest BCUT2D eigenvalue weighted by Crippen LogP contribution is 2.18. The lowest BCUT2D eigenvalue weighted by Gasteiger charge is -2.07. The lowest BCUT2D eigenvalue weighted by Crippen LogP contribution is -2.24. The van der Waals surface area contributed by atoms with Gasteiger partial charge in [0, 0.05) is 6.20 Å². The van der Waals surface area contributed by atoms with E-state index in [4.69, 9.17) is 9.47 Å². The van der Waals surface area contributed by atoms with Crippen molar-refractivity contribution in [1.82, 2.24) is 10.3 Å². The SMILES string of the molecule is C=CCc1ccccc1OCC#CCNC(=O)c1cccnc1OC. The second kappa shape index (κ2) is 9.78. The molecule has 2 aromatic rings. The molecule has 0 atom stereocenters. The molecule has 1 N–H and O–H groups in total. The van der Waals surface area contributed by atoms with Crippen LogP contribution in [0.15, 0.2) is 55.3 Å². The molecule has 5 heteroatoms. The second-order valence-corrected chi connectivity index (χ2v) is 4.99. The van der Waals surface area contributed by atoms with Crippen LogP contribution >= 0.6 is 0 Å². The van der Waals surface area contributed by atoms with Gasteiger partial charge in [0.1, 0.15) is 17.9 Å². The van der Waals surface area contributed by atoms with Crippen LogP contribution in [-0.2, 0) is 6.42 Å². The summed E-state index contributed by atoms with van der Waals surface area (Å²) in [6, 6.07) is 11.1. The van der Waals surface area contributed by atoms with Crippen molar-refractivity contribution in [3.8, 4) is 23.5 Å². The fourth-order valence-electron chi connectivity index (χ4n) is 2.14. The number of hydrogen-bond acceptors (Lipinski definition) is 4. The van der Waals surface area contributed by atoms with E-state index in [0.717, 1.165) is 17.7 Å². The van der Waals surface area contributed by atoms with Gasteiger partial charge in [-0.25, -0.2) is 4.98 Å². The Morgan fingerprint density at radius 3 is 2.92 bits per heavy atom. The van der Waals surface area contributed by atoms with Gasteiger partial charge >= 0.3 is 0 Å². The maximum atomic E-state index is 12.1. The summed E-state index contributed by atoms with van der Waals surface area (Å²) >= 11 is 0. The maximum Gasteiger partial charge on any atom is 0.257 e. The molecule has 128 valence electrons. The Morgan fingerprint density at radius 2 is 2.12 bits per heavy atom. The van der Waals surface area contributed by atoms with Crippen LogP contribution in [0.1, 0.15) is 15.9 Å². The van der Waals surface area contributed by atoms with Crippen molar-refractivity contribution < 1.29 is 14.3 Å². The molecule has 0 unspecified atom stereocenters. The van der Waals surface area contributed by atoms with Crippen LogP contribution in [-0.4, -0.2) is 31.2 Å². The Kier molecular flexibility index (Phi) is 7.08. The minimum atomic E-state index is -0.281. The van der Waals surface area contributed by atoms with Crippen LogP contribution in [0.2, 0.25) is 0 Å². The number of ether oxygens (including phenoxy) is 2. The summed E-state index contributed by atoms with van der Waals surface area (Å²) in [5.41, 5.74) is 1.44. The summed E-state index contributed by atoms with van der Waals surface area (Å²) in [5, 5.41) is 2.70. The van der Waals surface area contributed by atoms with Crippen LogP contribution in [0.5, 0.6) is 11.6 Å². The quantitative estimate of drug-likeness (QED) is 0.624. The highest BCUT2D eigenvalue weighted by atomic mass is 16.5. The molecule has 1 heterocycles. The molecule has 0 aliphatic heterocycles. The molecule has 2 rings (SSSR count). The molecule has 0 bridgehead atoms. The number of nitrogens with one attached hydrogen (secondary N) is 1. The fourth-order valence-corrected chi connectivity index (χ4v) is 2.14. The maximum absolute atomic E-state index is 12.1. The van der Waals surface area contributed by atoms with Crippen molar-refractivity contribution in [2.45, 2.75) is 6.42 Å². The van der Waals surface area contributed by atoms with Gasteiger partial charge in [0.25, 0.3) is 5.91 Å². The number of amides is 1. The van der Waals surface area contributed by atoms with E-state index < -0.39 is 0 Å². The molecule has 0 fully saturated rings. The zero-order chi connectivity index (χ0) is 17.9. The molecule has 25 heavy (non-hydrogen) atoms. The van der Waals surface area contributed by atoms with Gasteiger partial charge in [0.15, 0.2) is 0 Å². The smallest absolute Gasteiger partial charge is 0.257 e. The minimum absolute atomic E-state index is 0.217. The Morgan fingerprint density at radius 1 is 1.28 bits per heavy atom. The third-order valence-corrected chi connectivity index (χ3v) is 3.31. The van der Waals surface area contributed by atoms with Crippen molar-refractivity contribution in [2.24, 2.45) is 0 Å². The fraction of sp³-hybridized carbons (Fsp3) is 0.200. The average molecular weight is 336 g/mol. The standard InChI is InChI=1S/C20H20N2O3/c1-3-9-16-10-4-5-12-18(16)25-15-7-6-13-21-19(23)17-11-8-14-22-20(17)24-2/h3-5,8,10-12,14H,1,9,13,15H2,2H3,(H,21,23). The summed E-state index contributed by atoms with van der Waals surface area (Å²) in [5.74, 6) is 6.53. The average Bonchev–Trinajstić information content (AvgIpc) is 2.65. The first-order chi connectivity index (χ1) is 12.3. The number of pyridine rings is 1. The number of nitrogens with zero attached hydrogens (tertiary/aromatic N) is 1. The molecule has 1 aromatic carbocycles. The summed E-state index contributed by atoms with van der Waals surface area (Å²) in [7, 11) is 1.47. The van der Waals surface area contributed by atoms with Crippen LogP contribution in [0.3, 0.4) is 0 Å². The number of hydrogen-bond donors (Lipinski definition) is 1. The van der Waals surface area contributed by atoms with Crippen molar-refractivity contribution in [2.75, 3.05) is 20.3 Å². The number of rotatable bonds is 7. The first-order valence-corrected chi connectivity index (χ1v) is 7.80. The van der Waals surface area contributed by atoms with Gasteiger partial charge in [0.2, 0.25) is 5.88 Å². The highest BCUT2D eigenvalue weighted by Gasteiger charge is 2.11. The van der Waals surface area contributed by atoms with Crippen LogP contribution in [0, 0.1) is 11.8 Å². The number of methoxy groups -OCH3 is 1. The topological polar surface area (TPSA) is 60.5 Å². The number of para-hydroxylation sites is 1. The molecule has 0 radical (unpaired) electrons. The number of carbonyl (C=O) groups excluding carboxylic acids is 1. The lowest BCUT2D eigenvalue weighted by molar-refractivity contribution is 0.0955. The van der Waals surface area contributed by atoms with E-state index in [2.05, 4.69) is 28.7 Å². The molecule has 0 aliphatic rings. The van der Waals surface area contributed by atoms with Gasteiger partial charge in [0.05, 0.1) is 13.7 Å². The zero-order valence-corrected chi connectivity index (χ0v) is 14.1. The van der Waals surface area contributed by atoms with E-state index in [1.165, 1.54) is 7.11 Å². The second-order valence-electron chi connectivity index (χ2n) is 4.99. The van der Waals surface area contributed by atoms with E-state index >= 15 is 0 Å². The van der Waals surface area contributed by atoms with Gasteiger partial charge in [-0.2, -0.15) is 0 Å². The van der Waals surface area contributed by atoms with Crippen molar-refractivity contribution >= 4 is 5.91 Å². The minimum Gasteiger partial charge on any atom is -0.481 e. The summed E-state index contributed by atoms with van der Waals surface area (Å²) < 4.78 is 10.7. The predicted octanol–water partition coefficient (Wildman–Crippen LogP) is 2.63. The Bertz CT molecular complexity index is 791. The first-order valence-electron chi connectivity index (χ1n) is 7.80. The molecule has 0 spiro atoms. The highest BCUT2D eigenvalue weighted by molar-refractivity contribution is 5.96. The largest absolute Gasteiger partial charge is 0.481 e. The molecule has 1 aromatic heterocycles. The van der Waals surface area contributed by atoms with Gasteiger partial charge in [-0.05, 0) is 30.2 Å². The Balaban J connectivity index is 1.82. The Labute approximate surface area is 147 Å². The summed E-state index contributed by atoms with van der Waals surface area (Å²) in [6.07, 6.45) is 4.14. The first kappa shape index (κ1) is 18.1. The van der Waals surface area contributed by atoms with Crippen molar-refractivity contribution in [1.29, 1.82) is 0 Å². The number of carbonyl (C=O) groups is 1. The molecule has 5 nitrogen and oxygen atoms in total. The molecular weight excluding hydrogens is 316 g/mol. The van der Waals surface area contributed by atoms with Crippen LogP contribution < -0.4 is 14.8 Å². The molecule has 0 aliphatic carbocycles. The summed E-state index contributed by atoms with van der Waals surface area (Å²) in [4.78, 5) is 16.0. The molecule has 0 saturated carbocycles. The number of benzene rings is 1. The molecule has 0 saturated heterocycles. The third kappa shape index (κ3) is 5.40. The van der Waals surface area contributed by atoms with Crippen LogP contribution in [0.25, 0.3) is 0 Å². The van der Waals surface area contributed by atoms with E-state index in [0.29, 0.717) is 5.56 Å². The van der Waals surface area contributed by atoms with Crippen molar-refractivity contribution in [3.63, 3.8) is 0 Å². The zero-order valence-electron chi connectivity index (χ0n) is 14.1. The number of allylic oxidation sites excluding steroid dienone is 1. The summed E-state index contributed by atoms with van der Waals surface area (Å²) in [6.45, 7) is 4.20. The monoisotopic (exact) mass is 336 g/mol. The Hall–Kier alpha value is -3.26. The van der Waals surface area contributed by atoms with Crippen LogP contribution in [0.4, 0.5) is 0 Å². The lowest BCUT2D eigenvalue weighted by atomic mass is 10.1. The number of aromatic nitrogens is 1. The third-order valence-electron chi connectivity index (χ3n) is 3.31. The van der Waals surface area contributed by atoms with Crippen molar-refractivity contribution in [3.05, 3.63) is 66.4 Å². The van der Waals surface area contributed by atoms with Gasteiger partial charge < -0.3 is 14.8 Å². The van der Waals surface area contributed by atoms with E-state index in [-0.39, 0.29) is 24.9 Å². The van der Waals surface area contributed by atoms with E-state index in [1.807, 2.05) is 30.3 Å². The molecule has 1 amide bonds. The van der Waals surface area contributed by atoms with Gasteiger partial charge in [-0.1, -0.05) is 36.1 Å². The van der Waals surface area contributed by atoms with Gasteiger partial charge in [-0.3, -0.25) is 4.79 Å².